The van der Waals surface area contributed by atoms with Crippen molar-refractivity contribution in [1.29, 1.82) is 0 Å². The van der Waals surface area contributed by atoms with Crippen molar-refractivity contribution in [2.75, 3.05) is 16.4 Å². The lowest BCUT2D eigenvalue weighted by molar-refractivity contribution is -0.113. The fourth-order valence-electron chi connectivity index (χ4n) is 3.01. The van der Waals surface area contributed by atoms with Gasteiger partial charge in [-0.2, -0.15) is 0 Å². The van der Waals surface area contributed by atoms with Gasteiger partial charge in [-0.15, -0.1) is 11.8 Å². The van der Waals surface area contributed by atoms with E-state index in [4.69, 9.17) is 4.42 Å². The molecule has 2 aromatic rings. The van der Waals surface area contributed by atoms with E-state index in [9.17, 15) is 4.79 Å². The van der Waals surface area contributed by atoms with E-state index in [2.05, 4.69) is 28.8 Å². The molecule has 1 atom stereocenters. The zero-order chi connectivity index (χ0) is 14.2. The van der Waals surface area contributed by atoms with Crippen LogP contribution in [0, 0.1) is 0 Å². The lowest BCUT2D eigenvalue weighted by atomic mass is 9.93. The highest BCUT2D eigenvalue weighted by Gasteiger charge is 2.23. The Morgan fingerprint density at radius 1 is 1.33 bits per heavy atom. The van der Waals surface area contributed by atoms with Crippen molar-refractivity contribution >= 4 is 29.0 Å². The summed E-state index contributed by atoms with van der Waals surface area (Å²) in [7, 11) is 0. The first-order chi connectivity index (χ1) is 10.3. The second-order valence-corrected chi connectivity index (χ2v) is 6.45. The Balaban J connectivity index is 1.59. The lowest BCUT2D eigenvalue weighted by Gasteiger charge is -2.25. The van der Waals surface area contributed by atoms with E-state index in [1.165, 1.54) is 5.56 Å². The van der Waals surface area contributed by atoms with Crippen molar-refractivity contribution < 1.29 is 9.21 Å². The number of thioether (sulfide) groups is 1. The van der Waals surface area contributed by atoms with Crippen LogP contribution >= 0.6 is 11.8 Å². The quantitative estimate of drug-likeness (QED) is 0.885. The summed E-state index contributed by atoms with van der Waals surface area (Å²) in [6.07, 6.45) is 5.03. The number of carbonyl (C=O) groups is 1. The molecule has 0 fully saturated rings. The zero-order valence-electron chi connectivity index (χ0n) is 11.5. The normalized spacial score (nSPS) is 20.4. The first-order valence-electron chi connectivity index (χ1n) is 7.19. The van der Waals surface area contributed by atoms with Crippen molar-refractivity contribution in [3.05, 3.63) is 41.9 Å². The highest BCUT2D eigenvalue weighted by molar-refractivity contribution is 8.00. The van der Waals surface area contributed by atoms with Crippen LogP contribution in [-0.4, -0.2) is 11.7 Å². The van der Waals surface area contributed by atoms with E-state index in [0.717, 1.165) is 41.3 Å². The molecule has 108 valence electrons. The van der Waals surface area contributed by atoms with Gasteiger partial charge in [-0.3, -0.25) is 4.79 Å². The molecule has 4 nitrogen and oxygen atoms in total. The number of hydrogen-bond acceptors (Lipinski definition) is 4. The van der Waals surface area contributed by atoms with Crippen molar-refractivity contribution in [2.24, 2.45) is 0 Å². The number of rotatable bonds is 2. The highest BCUT2D eigenvalue weighted by Crippen LogP contribution is 2.37. The molecule has 2 heterocycles. The van der Waals surface area contributed by atoms with E-state index in [-0.39, 0.29) is 11.9 Å². The van der Waals surface area contributed by atoms with E-state index in [0.29, 0.717) is 5.75 Å². The van der Waals surface area contributed by atoms with Crippen molar-refractivity contribution in [3.8, 4) is 0 Å². The molecular formula is C16H16N2O2S. The molecule has 2 aliphatic rings. The van der Waals surface area contributed by atoms with Gasteiger partial charge in [0.2, 0.25) is 5.91 Å². The Hall–Kier alpha value is -1.88. The molecule has 4 rings (SSSR count). The highest BCUT2D eigenvalue weighted by atomic mass is 32.2. The molecule has 1 aromatic carbocycles. The maximum absolute atomic E-state index is 11.5. The number of benzene rings is 1. The molecule has 0 saturated carbocycles. The summed E-state index contributed by atoms with van der Waals surface area (Å²) in [5.74, 6) is 1.67. The predicted octanol–water partition coefficient (Wildman–Crippen LogP) is 3.81. The van der Waals surface area contributed by atoms with Gasteiger partial charge in [-0.05, 0) is 37.1 Å². The summed E-state index contributed by atoms with van der Waals surface area (Å²) < 4.78 is 5.53. The molecule has 0 spiro atoms. The van der Waals surface area contributed by atoms with Gasteiger partial charge in [0.25, 0.3) is 0 Å². The van der Waals surface area contributed by atoms with Gasteiger partial charge in [-0.1, -0.05) is 0 Å². The number of furan rings is 1. The summed E-state index contributed by atoms with van der Waals surface area (Å²) in [6.45, 7) is 0. The third-order valence-electron chi connectivity index (χ3n) is 4.01. The largest absolute Gasteiger partial charge is 0.469 e. The molecular weight excluding hydrogens is 284 g/mol. The maximum Gasteiger partial charge on any atom is 0.234 e. The molecule has 1 aromatic heterocycles. The first kappa shape index (κ1) is 12.8. The van der Waals surface area contributed by atoms with Crippen LogP contribution in [-0.2, 0) is 11.2 Å². The zero-order valence-corrected chi connectivity index (χ0v) is 12.3. The van der Waals surface area contributed by atoms with Crippen LogP contribution in [0.25, 0.3) is 0 Å². The van der Waals surface area contributed by atoms with Gasteiger partial charge in [0.15, 0.2) is 0 Å². The second kappa shape index (κ2) is 5.15. The topological polar surface area (TPSA) is 54.3 Å². The standard InChI is InChI=1S/C16H16N2O2S/c19-16-9-21-15-5-4-10(8-13(15)18-16)17-12-2-1-3-14-11(12)6-7-20-14/h4-8,12,17H,1-3,9H2,(H,18,19). The Bertz CT molecular complexity index is 695. The molecule has 1 aliphatic heterocycles. The average Bonchev–Trinajstić information content (AvgIpc) is 2.96. The fraction of sp³-hybridized carbons (Fsp3) is 0.312. The van der Waals surface area contributed by atoms with E-state index >= 15 is 0 Å². The van der Waals surface area contributed by atoms with Crippen LogP contribution in [0.15, 0.2) is 39.8 Å². The molecule has 0 saturated heterocycles. The third-order valence-corrected chi connectivity index (χ3v) is 5.08. The second-order valence-electron chi connectivity index (χ2n) is 5.44. The Morgan fingerprint density at radius 2 is 2.29 bits per heavy atom. The number of hydrogen-bond donors (Lipinski definition) is 2. The molecule has 1 aliphatic carbocycles. The third kappa shape index (κ3) is 2.42. The maximum atomic E-state index is 11.5. The number of anilines is 2. The minimum absolute atomic E-state index is 0.0689. The van der Waals surface area contributed by atoms with Gasteiger partial charge in [0.1, 0.15) is 5.76 Å². The molecule has 1 amide bonds. The molecule has 21 heavy (non-hydrogen) atoms. The SMILES string of the molecule is O=C1CSc2ccc(NC3CCCc4occc43)cc2N1. The van der Waals surface area contributed by atoms with Crippen LogP contribution in [0.1, 0.15) is 30.2 Å². The molecule has 1 unspecified atom stereocenters. The number of amides is 1. The number of fused-ring (bicyclic) bond motifs is 2. The van der Waals surface area contributed by atoms with E-state index in [1.54, 1.807) is 18.0 Å². The summed E-state index contributed by atoms with van der Waals surface area (Å²) in [5, 5.41) is 6.50. The van der Waals surface area contributed by atoms with Crippen LogP contribution in [0.4, 0.5) is 11.4 Å². The Labute approximate surface area is 127 Å². The summed E-state index contributed by atoms with van der Waals surface area (Å²) >= 11 is 1.59. The minimum Gasteiger partial charge on any atom is -0.469 e. The summed E-state index contributed by atoms with van der Waals surface area (Å²) in [5.41, 5.74) is 3.21. The minimum atomic E-state index is 0.0689. The number of carbonyl (C=O) groups excluding carboxylic acids is 1. The molecule has 0 radical (unpaired) electrons. The Morgan fingerprint density at radius 3 is 3.24 bits per heavy atom. The van der Waals surface area contributed by atoms with Crippen molar-refractivity contribution in [1.82, 2.24) is 0 Å². The van der Waals surface area contributed by atoms with E-state index < -0.39 is 0 Å². The number of nitrogens with one attached hydrogen (secondary N) is 2. The monoisotopic (exact) mass is 300 g/mol. The van der Waals surface area contributed by atoms with Crippen LogP contribution < -0.4 is 10.6 Å². The lowest BCUT2D eigenvalue weighted by Crippen LogP contribution is -2.19. The number of aryl methyl sites for hydroxylation is 1. The van der Waals surface area contributed by atoms with Gasteiger partial charge < -0.3 is 15.1 Å². The predicted molar refractivity (Wildman–Crippen MR) is 83.8 cm³/mol. The smallest absolute Gasteiger partial charge is 0.234 e. The summed E-state index contributed by atoms with van der Waals surface area (Å²) in [6, 6.07) is 8.52. The Kier molecular flexibility index (Phi) is 3.15. The molecule has 0 bridgehead atoms. The van der Waals surface area contributed by atoms with Crippen LogP contribution in [0.2, 0.25) is 0 Å². The molecule has 5 heteroatoms. The first-order valence-corrected chi connectivity index (χ1v) is 8.18. The van der Waals surface area contributed by atoms with Gasteiger partial charge >= 0.3 is 0 Å². The van der Waals surface area contributed by atoms with Gasteiger partial charge in [-0.25, -0.2) is 0 Å². The molecule has 2 N–H and O–H groups in total. The summed E-state index contributed by atoms with van der Waals surface area (Å²) in [4.78, 5) is 12.6. The van der Waals surface area contributed by atoms with E-state index in [1.807, 2.05) is 6.07 Å². The van der Waals surface area contributed by atoms with Crippen LogP contribution in [0.5, 0.6) is 0 Å². The fourth-order valence-corrected chi connectivity index (χ4v) is 3.80. The van der Waals surface area contributed by atoms with Gasteiger partial charge in [0, 0.05) is 22.6 Å². The average molecular weight is 300 g/mol. The van der Waals surface area contributed by atoms with Gasteiger partial charge in [0.05, 0.1) is 23.7 Å². The van der Waals surface area contributed by atoms with Crippen molar-refractivity contribution in [2.45, 2.75) is 30.2 Å². The van der Waals surface area contributed by atoms with Crippen LogP contribution in [0.3, 0.4) is 0 Å². The van der Waals surface area contributed by atoms with Crippen molar-refractivity contribution in [3.63, 3.8) is 0 Å².